The number of cyclic esters (lactones) is 1. The van der Waals surface area contributed by atoms with Crippen LogP contribution in [0.1, 0.15) is 58.6 Å². The predicted octanol–water partition coefficient (Wildman–Crippen LogP) is 7.00. The van der Waals surface area contributed by atoms with E-state index in [-0.39, 0.29) is 42.0 Å². The van der Waals surface area contributed by atoms with Crippen molar-refractivity contribution in [2.24, 2.45) is 5.92 Å². The highest BCUT2D eigenvalue weighted by molar-refractivity contribution is 6.74. The highest BCUT2D eigenvalue weighted by atomic mass is 28.4. The zero-order valence-corrected chi connectivity index (χ0v) is 26.4. The van der Waals surface area contributed by atoms with Crippen LogP contribution in [-0.2, 0) is 31.7 Å². The molecule has 3 rings (SSSR count). The van der Waals surface area contributed by atoms with Crippen LogP contribution in [-0.4, -0.2) is 57.2 Å². The van der Waals surface area contributed by atoms with Crippen LogP contribution in [0.2, 0.25) is 18.1 Å². The van der Waals surface area contributed by atoms with Gasteiger partial charge in [0.05, 0.1) is 38.4 Å². The maximum absolute atomic E-state index is 13.8. The highest BCUT2D eigenvalue weighted by Gasteiger charge is 2.44. The quantitative estimate of drug-likeness (QED) is 0.242. The van der Waals surface area contributed by atoms with Gasteiger partial charge < -0.3 is 18.6 Å². The van der Waals surface area contributed by atoms with E-state index in [9.17, 15) is 9.59 Å². The minimum absolute atomic E-state index is 0.0396. The van der Waals surface area contributed by atoms with Crippen molar-refractivity contribution in [2.45, 2.75) is 96.9 Å². The summed E-state index contributed by atoms with van der Waals surface area (Å²) >= 11 is 0. The van der Waals surface area contributed by atoms with E-state index in [1.54, 1.807) is 7.11 Å². The van der Waals surface area contributed by atoms with Crippen LogP contribution in [0.15, 0.2) is 54.6 Å². The van der Waals surface area contributed by atoms with Gasteiger partial charge in [-0.1, -0.05) is 77.1 Å². The van der Waals surface area contributed by atoms with Gasteiger partial charge >= 0.3 is 6.09 Å². The summed E-state index contributed by atoms with van der Waals surface area (Å²) in [5, 5.41) is -0.0396. The van der Waals surface area contributed by atoms with E-state index in [4.69, 9.17) is 18.6 Å². The number of rotatable bonds is 13. The van der Waals surface area contributed by atoms with Gasteiger partial charge in [-0.15, -0.1) is 0 Å². The van der Waals surface area contributed by atoms with Crippen molar-refractivity contribution >= 4 is 20.3 Å². The van der Waals surface area contributed by atoms with Crippen molar-refractivity contribution in [3.8, 4) is 5.75 Å². The molecule has 2 aromatic rings. The van der Waals surface area contributed by atoms with Gasteiger partial charge in [0, 0.05) is 5.92 Å². The van der Waals surface area contributed by atoms with Gasteiger partial charge in [0.15, 0.2) is 8.32 Å². The Labute approximate surface area is 241 Å². The predicted molar refractivity (Wildman–Crippen MR) is 160 cm³/mol. The van der Waals surface area contributed by atoms with Gasteiger partial charge in [0.1, 0.15) is 12.4 Å². The topological polar surface area (TPSA) is 74.3 Å². The number of methoxy groups -OCH3 is 1. The summed E-state index contributed by atoms with van der Waals surface area (Å²) in [5.74, 6) is 0.466. The highest BCUT2D eigenvalue weighted by Crippen LogP contribution is 2.39. The Hall–Kier alpha value is -2.68. The lowest BCUT2D eigenvalue weighted by Gasteiger charge is -2.42. The molecular formula is C32H47NO6Si. The number of ether oxygens (including phenoxy) is 3. The molecule has 1 aliphatic rings. The molecule has 0 unspecified atom stereocenters. The third-order valence-electron chi connectivity index (χ3n) is 8.37. The van der Waals surface area contributed by atoms with E-state index in [2.05, 4.69) is 47.7 Å². The summed E-state index contributed by atoms with van der Waals surface area (Å²) in [6.07, 6.45) is 0.314. The molecule has 0 aromatic heterocycles. The van der Waals surface area contributed by atoms with Crippen LogP contribution < -0.4 is 4.74 Å². The molecule has 0 aliphatic carbocycles. The lowest BCUT2D eigenvalue weighted by molar-refractivity contribution is -0.132. The van der Waals surface area contributed by atoms with Gasteiger partial charge in [0.2, 0.25) is 5.91 Å². The third-order valence-corrected chi connectivity index (χ3v) is 12.9. The zero-order chi connectivity index (χ0) is 29.5. The van der Waals surface area contributed by atoms with Crippen molar-refractivity contribution in [1.29, 1.82) is 0 Å². The molecule has 220 valence electrons. The first kappa shape index (κ1) is 31.8. The van der Waals surface area contributed by atoms with Crippen LogP contribution in [0, 0.1) is 5.92 Å². The lowest BCUT2D eigenvalue weighted by Crippen LogP contribution is -2.50. The van der Waals surface area contributed by atoms with Gasteiger partial charge in [-0.2, -0.15) is 0 Å². The zero-order valence-electron chi connectivity index (χ0n) is 25.4. The van der Waals surface area contributed by atoms with E-state index in [1.807, 2.05) is 54.6 Å². The number of hydrogen-bond acceptors (Lipinski definition) is 6. The van der Waals surface area contributed by atoms with Crippen molar-refractivity contribution < 1.29 is 28.2 Å². The SMILES string of the molecule is CC[C@@H](OCc1ccc(OC)cc1)[C@H](C)[C@H](CC(=O)N1C(=O)OC[C@H]1Cc1ccccc1)O[Si](C)(C)C(C)(C)C. The lowest BCUT2D eigenvalue weighted by atomic mass is 9.93. The second-order valence-electron chi connectivity index (χ2n) is 12.3. The maximum atomic E-state index is 13.8. The number of imide groups is 1. The first-order valence-corrected chi connectivity index (χ1v) is 17.2. The van der Waals surface area contributed by atoms with Gasteiger partial charge in [-0.05, 0) is 54.2 Å². The van der Waals surface area contributed by atoms with Crippen LogP contribution in [0.5, 0.6) is 5.75 Å². The number of carbonyl (C=O) groups excluding carboxylic acids is 2. The van der Waals surface area contributed by atoms with Crippen molar-refractivity contribution in [3.05, 3.63) is 65.7 Å². The fraction of sp³-hybridized carbons (Fsp3) is 0.562. The summed E-state index contributed by atoms with van der Waals surface area (Å²) in [7, 11) is -0.596. The molecule has 1 heterocycles. The fourth-order valence-corrected chi connectivity index (χ4v) is 6.18. The number of amides is 2. The Bertz CT molecular complexity index is 1100. The van der Waals surface area contributed by atoms with Crippen molar-refractivity contribution in [3.63, 3.8) is 0 Å². The Balaban J connectivity index is 1.79. The smallest absolute Gasteiger partial charge is 0.416 e. The first-order chi connectivity index (χ1) is 18.9. The van der Waals surface area contributed by atoms with E-state index in [0.29, 0.717) is 13.0 Å². The molecule has 0 saturated carbocycles. The third kappa shape index (κ3) is 8.18. The van der Waals surface area contributed by atoms with Crippen LogP contribution in [0.25, 0.3) is 0 Å². The summed E-state index contributed by atoms with van der Waals surface area (Å²) in [6, 6.07) is 17.4. The molecule has 7 nitrogen and oxygen atoms in total. The molecule has 0 radical (unpaired) electrons. The summed E-state index contributed by atoms with van der Waals surface area (Å²) < 4.78 is 23.9. The number of nitrogens with zero attached hydrogens (tertiary/aromatic N) is 1. The number of benzene rings is 2. The molecule has 2 amide bonds. The average molecular weight is 570 g/mol. The Morgan fingerprint density at radius 2 is 1.70 bits per heavy atom. The van der Waals surface area contributed by atoms with E-state index >= 15 is 0 Å². The molecular weight excluding hydrogens is 522 g/mol. The van der Waals surface area contributed by atoms with Crippen LogP contribution >= 0.6 is 0 Å². The number of hydrogen-bond donors (Lipinski definition) is 0. The second kappa shape index (κ2) is 13.8. The molecule has 0 bridgehead atoms. The molecule has 4 atom stereocenters. The van der Waals surface area contributed by atoms with Crippen molar-refractivity contribution in [2.75, 3.05) is 13.7 Å². The standard InChI is InChI=1S/C32H47NO6Si/c1-9-28(37-21-25-15-17-27(36-6)18-16-25)23(2)29(39-40(7,8)32(3,4)5)20-30(34)33-26(22-38-31(33)35)19-24-13-11-10-12-14-24/h10-18,23,26,28-29H,9,19-22H2,1-8H3/t23-,26+,28+,29-/m0/s1. The van der Waals surface area contributed by atoms with Gasteiger partial charge in [-0.25, -0.2) is 9.69 Å². The molecule has 1 saturated heterocycles. The largest absolute Gasteiger partial charge is 0.497 e. The Morgan fingerprint density at radius 3 is 2.27 bits per heavy atom. The summed E-state index contributed by atoms with van der Waals surface area (Å²) in [4.78, 5) is 27.8. The summed E-state index contributed by atoms with van der Waals surface area (Å²) in [5.41, 5.74) is 2.11. The maximum Gasteiger partial charge on any atom is 0.416 e. The minimum Gasteiger partial charge on any atom is -0.497 e. The molecule has 8 heteroatoms. The number of carbonyl (C=O) groups is 2. The van der Waals surface area contributed by atoms with Crippen LogP contribution in [0.3, 0.4) is 0 Å². The van der Waals surface area contributed by atoms with E-state index < -0.39 is 20.5 Å². The molecule has 2 aromatic carbocycles. The molecule has 1 aliphatic heterocycles. The van der Waals surface area contributed by atoms with Crippen LogP contribution in [0.4, 0.5) is 4.79 Å². The van der Waals surface area contributed by atoms with Gasteiger partial charge in [-0.3, -0.25) is 4.79 Å². The molecule has 0 N–H and O–H groups in total. The Kier molecular flexibility index (Phi) is 11.0. The monoisotopic (exact) mass is 569 g/mol. The normalized spacial score (nSPS) is 18.2. The molecule has 0 spiro atoms. The molecule has 40 heavy (non-hydrogen) atoms. The van der Waals surface area contributed by atoms with Crippen molar-refractivity contribution in [1.82, 2.24) is 4.90 Å². The Morgan fingerprint density at radius 1 is 1.05 bits per heavy atom. The van der Waals surface area contributed by atoms with E-state index in [0.717, 1.165) is 23.3 Å². The second-order valence-corrected chi connectivity index (χ2v) is 17.0. The first-order valence-electron chi connectivity index (χ1n) is 14.3. The van der Waals surface area contributed by atoms with Gasteiger partial charge in [0.25, 0.3) is 0 Å². The minimum atomic E-state index is -2.24. The fourth-order valence-electron chi connectivity index (χ4n) is 4.77. The summed E-state index contributed by atoms with van der Waals surface area (Å²) in [6.45, 7) is 15.8. The average Bonchev–Trinajstić information content (AvgIpc) is 3.28. The van der Waals surface area contributed by atoms with E-state index in [1.165, 1.54) is 4.90 Å². The molecule has 1 fully saturated rings.